The average molecular weight is 1140 g/mol. The second kappa shape index (κ2) is 20.1. The summed E-state index contributed by atoms with van der Waals surface area (Å²) in [6.07, 6.45) is 0. The molecule has 0 fully saturated rings. The first-order chi connectivity index (χ1) is 41.9. The Morgan fingerprint density at radius 1 is 0.341 bits per heavy atom. The summed E-state index contributed by atoms with van der Waals surface area (Å²) in [6.45, 7) is 6.09. The molecule has 2 aliphatic carbocycles. The quantitative estimate of drug-likeness (QED) is 0.108. The van der Waals surface area contributed by atoms with Crippen LogP contribution in [0.5, 0.6) is 34.5 Å². The summed E-state index contributed by atoms with van der Waals surface area (Å²) in [6, 6.07) is 82.8. The minimum Gasteiger partial charge on any atom is -0.497 e. The number of methoxy groups -OCH3 is 2. The highest BCUT2D eigenvalue weighted by Crippen LogP contribution is 2.66. The number of ether oxygens (including phenoxy) is 4. The van der Waals surface area contributed by atoms with Crippen molar-refractivity contribution in [3.8, 4) is 55.4 Å². The zero-order valence-corrected chi connectivity index (χ0v) is 48.9. The minimum absolute atomic E-state index is 0.611. The van der Waals surface area contributed by atoms with Gasteiger partial charge in [0.2, 0.25) is 0 Å². The van der Waals surface area contributed by atoms with Crippen LogP contribution in [-0.2, 0) is 18.5 Å². The van der Waals surface area contributed by atoms with Gasteiger partial charge in [-0.2, -0.15) is 0 Å². The van der Waals surface area contributed by atoms with E-state index in [0.717, 1.165) is 103 Å². The van der Waals surface area contributed by atoms with E-state index in [1.165, 1.54) is 65.2 Å². The van der Waals surface area contributed by atoms with E-state index >= 15 is 0 Å². The molecule has 10 aromatic carbocycles. The number of para-hydroxylation sites is 2. The SMILES string of the molecule is CCn1c2ccc(Oc3ccccc3)cc2c2cc(N(c3ccc(OC)cc3)c3ccc4c(c3)C3(c5cc(N(c6ccc(OC)cc6)c6ccc7c(c6)c6cc(Oc8ccccc8)ccc6n7CC)ccc5-4)c4ccsc4-c4sccc43)ccc21. The summed E-state index contributed by atoms with van der Waals surface area (Å²) >= 11 is 3.69. The van der Waals surface area contributed by atoms with Crippen molar-refractivity contribution >= 4 is 100 Å². The van der Waals surface area contributed by atoms with Crippen molar-refractivity contribution in [2.45, 2.75) is 32.4 Å². The van der Waals surface area contributed by atoms with Gasteiger partial charge in [-0.1, -0.05) is 48.5 Å². The van der Waals surface area contributed by atoms with Crippen LogP contribution in [0.2, 0.25) is 0 Å². The Morgan fingerprint density at radius 3 is 1.09 bits per heavy atom. The van der Waals surface area contributed by atoms with Gasteiger partial charge in [0.15, 0.2) is 0 Å². The van der Waals surface area contributed by atoms with Crippen LogP contribution in [0.4, 0.5) is 34.1 Å². The molecular weight excluding hydrogens is 1080 g/mol. The highest BCUT2D eigenvalue weighted by atomic mass is 32.1. The van der Waals surface area contributed by atoms with Crippen molar-refractivity contribution in [3.05, 3.63) is 264 Å². The molecule has 14 aromatic rings. The molecule has 16 rings (SSSR count). The van der Waals surface area contributed by atoms with Crippen LogP contribution < -0.4 is 28.7 Å². The van der Waals surface area contributed by atoms with E-state index < -0.39 is 5.41 Å². The molecule has 10 heteroatoms. The fourth-order valence-electron chi connectivity index (χ4n) is 13.7. The van der Waals surface area contributed by atoms with Gasteiger partial charge in [-0.05, 0) is 240 Å². The fourth-order valence-corrected chi connectivity index (χ4v) is 15.8. The van der Waals surface area contributed by atoms with Crippen LogP contribution in [0.25, 0.3) is 64.5 Å². The largest absolute Gasteiger partial charge is 0.497 e. The van der Waals surface area contributed by atoms with Gasteiger partial charge in [0.05, 0.1) is 19.6 Å². The number of nitrogens with zero attached hydrogens (tertiary/aromatic N) is 4. The summed E-state index contributed by atoms with van der Waals surface area (Å²) in [4.78, 5) is 7.49. The van der Waals surface area contributed by atoms with E-state index in [1.54, 1.807) is 14.2 Å². The average Bonchev–Trinajstić information content (AvgIpc) is 1.58. The van der Waals surface area contributed by atoms with Gasteiger partial charge in [-0.3, -0.25) is 0 Å². The first kappa shape index (κ1) is 50.7. The van der Waals surface area contributed by atoms with Crippen LogP contribution in [0.1, 0.15) is 36.1 Å². The molecule has 4 heterocycles. The monoisotopic (exact) mass is 1140 g/mol. The maximum Gasteiger partial charge on any atom is 0.128 e. The van der Waals surface area contributed by atoms with Gasteiger partial charge in [-0.15, -0.1) is 22.7 Å². The van der Waals surface area contributed by atoms with Gasteiger partial charge < -0.3 is 37.9 Å². The van der Waals surface area contributed by atoms with E-state index in [1.807, 2.05) is 83.3 Å². The van der Waals surface area contributed by atoms with Gasteiger partial charge in [-0.25, -0.2) is 0 Å². The molecule has 0 amide bonds. The van der Waals surface area contributed by atoms with E-state index in [0.29, 0.717) is 0 Å². The Labute approximate surface area is 500 Å². The molecule has 0 saturated carbocycles. The van der Waals surface area contributed by atoms with Gasteiger partial charge in [0, 0.05) is 101 Å². The fraction of sp³-hybridized carbons (Fsp3) is 0.0933. The normalized spacial score (nSPS) is 12.7. The third-order valence-corrected chi connectivity index (χ3v) is 19.4. The number of aromatic nitrogens is 2. The number of fused-ring (bicyclic) bond motifs is 16. The molecule has 0 bridgehead atoms. The number of aryl methyl sites for hydroxylation is 2. The topological polar surface area (TPSA) is 53.3 Å². The molecule has 8 nitrogen and oxygen atoms in total. The Kier molecular flexibility index (Phi) is 12.0. The molecule has 85 heavy (non-hydrogen) atoms. The maximum atomic E-state index is 6.45. The molecule has 0 aliphatic heterocycles. The van der Waals surface area contributed by atoms with E-state index in [9.17, 15) is 0 Å². The van der Waals surface area contributed by atoms with E-state index in [2.05, 4.69) is 213 Å². The highest BCUT2D eigenvalue weighted by Gasteiger charge is 2.53. The van der Waals surface area contributed by atoms with Crippen molar-refractivity contribution in [2.24, 2.45) is 0 Å². The molecule has 0 saturated heterocycles. The van der Waals surface area contributed by atoms with Crippen LogP contribution in [-0.4, -0.2) is 23.4 Å². The van der Waals surface area contributed by atoms with E-state index in [4.69, 9.17) is 18.9 Å². The third-order valence-electron chi connectivity index (χ3n) is 17.4. The summed E-state index contributed by atoms with van der Waals surface area (Å²) < 4.78 is 29.2. The first-order valence-corrected chi connectivity index (χ1v) is 30.6. The van der Waals surface area contributed by atoms with Gasteiger partial charge in [0.25, 0.3) is 0 Å². The van der Waals surface area contributed by atoms with E-state index in [-0.39, 0.29) is 0 Å². The van der Waals surface area contributed by atoms with Crippen LogP contribution in [0, 0.1) is 0 Å². The van der Waals surface area contributed by atoms with Crippen molar-refractivity contribution in [1.82, 2.24) is 9.13 Å². The maximum absolute atomic E-state index is 6.45. The standard InChI is InChI=1S/C75H56N4O4S2/c1-5-76-69-33-23-49(41-61(69)63-45-57(29-35-71(63)76)82-55-13-9-7-10-14-55)78(47-17-25-53(80-3)26-18-47)51-21-31-59-60-32-22-52(44-68(60)75(67(59)43-51)65-37-39-84-73(65)74-66(75)38-40-85-74)79(48-19-27-54(81-4)28-20-48)50-24-34-70-62(42-50)64-46-58(30-36-72(64)77(70)6-2)83-56-15-11-8-12-16-56/h7-46H,5-6H2,1-4H3. The second-order valence-corrected chi connectivity index (χ2v) is 23.5. The number of benzene rings is 10. The lowest BCUT2D eigenvalue weighted by Crippen LogP contribution is -2.26. The first-order valence-electron chi connectivity index (χ1n) is 28.8. The Balaban J connectivity index is 0.877. The Bertz CT molecular complexity index is 4600. The lowest BCUT2D eigenvalue weighted by Gasteiger charge is -2.32. The van der Waals surface area contributed by atoms with Crippen LogP contribution in [0.3, 0.4) is 0 Å². The predicted molar refractivity (Wildman–Crippen MR) is 351 cm³/mol. The van der Waals surface area contributed by atoms with Crippen molar-refractivity contribution in [2.75, 3.05) is 24.0 Å². The molecule has 4 aromatic heterocycles. The molecule has 0 atom stereocenters. The Hall–Kier alpha value is -10.0. The third kappa shape index (κ3) is 7.93. The zero-order chi connectivity index (χ0) is 56.9. The summed E-state index contributed by atoms with van der Waals surface area (Å²) in [5, 5.41) is 9.16. The molecule has 2 aliphatic rings. The lowest BCUT2D eigenvalue weighted by molar-refractivity contribution is 0.414. The molecule has 0 unspecified atom stereocenters. The van der Waals surface area contributed by atoms with Crippen LogP contribution in [0.15, 0.2) is 241 Å². The lowest BCUT2D eigenvalue weighted by atomic mass is 9.71. The summed E-state index contributed by atoms with van der Waals surface area (Å²) in [5.74, 6) is 4.81. The van der Waals surface area contributed by atoms with Crippen molar-refractivity contribution in [3.63, 3.8) is 0 Å². The minimum atomic E-state index is -0.611. The number of rotatable bonds is 14. The molecule has 0 radical (unpaired) electrons. The second-order valence-electron chi connectivity index (χ2n) is 21.7. The number of hydrogen-bond donors (Lipinski definition) is 0. The molecule has 1 spiro atoms. The van der Waals surface area contributed by atoms with Crippen molar-refractivity contribution < 1.29 is 18.9 Å². The molecule has 0 N–H and O–H groups in total. The van der Waals surface area contributed by atoms with Gasteiger partial charge in [0.1, 0.15) is 34.5 Å². The summed E-state index contributed by atoms with van der Waals surface area (Å²) in [7, 11) is 3.45. The Morgan fingerprint density at radius 2 is 0.694 bits per heavy atom. The van der Waals surface area contributed by atoms with Crippen molar-refractivity contribution in [1.29, 1.82) is 0 Å². The highest BCUT2D eigenvalue weighted by molar-refractivity contribution is 7.21. The number of thiophene rings is 2. The zero-order valence-electron chi connectivity index (χ0n) is 47.2. The predicted octanol–water partition coefficient (Wildman–Crippen LogP) is 21.0. The smallest absolute Gasteiger partial charge is 0.128 e. The molecule has 412 valence electrons. The molecular formula is C75H56N4O4S2. The van der Waals surface area contributed by atoms with Gasteiger partial charge >= 0.3 is 0 Å². The number of anilines is 6. The summed E-state index contributed by atoms with van der Waals surface area (Å²) in [5.41, 5.74) is 17.9. The number of hydrogen-bond acceptors (Lipinski definition) is 8. The van der Waals surface area contributed by atoms with Crippen LogP contribution >= 0.6 is 22.7 Å².